The number of hydrogen-bond acceptors (Lipinski definition) is 3. The molecule has 0 amide bonds. The molecule has 0 bridgehead atoms. The molecule has 0 rings (SSSR count). The lowest BCUT2D eigenvalue weighted by molar-refractivity contribution is 0.0698. The number of unbranched alkanes of at least 4 members (excludes halogenated alkanes) is 1. The number of alkyl halides is 1. The zero-order chi connectivity index (χ0) is 7.82. The van der Waals surface area contributed by atoms with Crippen molar-refractivity contribution in [1.82, 2.24) is 0 Å². The predicted molar refractivity (Wildman–Crippen MR) is 46.2 cm³/mol. The van der Waals surface area contributed by atoms with Gasteiger partial charge in [-0.15, -0.1) is 0 Å². The molecule has 0 N–H and O–H groups in total. The van der Waals surface area contributed by atoms with Crippen LogP contribution in [0.3, 0.4) is 0 Å². The van der Waals surface area contributed by atoms with E-state index in [2.05, 4.69) is 9.47 Å². The third-order valence-corrected chi connectivity index (χ3v) is 1.20. The van der Waals surface area contributed by atoms with Crippen LogP contribution in [0.1, 0.15) is 19.8 Å². The van der Waals surface area contributed by atoms with Crippen molar-refractivity contribution in [3.05, 3.63) is 0 Å². The maximum absolute atomic E-state index is 10.5. The average molecular weight is 258 g/mol. The molecule has 10 heavy (non-hydrogen) atoms. The highest BCUT2D eigenvalue weighted by Gasteiger charge is 1.99. The van der Waals surface area contributed by atoms with E-state index in [1.54, 1.807) is 0 Å². The Morgan fingerprint density at radius 2 is 2.20 bits per heavy atom. The van der Waals surface area contributed by atoms with Crippen LogP contribution < -0.4 is 0 Å². The Morgan fingerprint density at radius 3 is 2.70 bits per heavy atom. The van der Waals surface area contributed by atoms with Gasteiger partial charge >= 0.3 is 6.16 Å². The normalized spacial score (nSPS) is 9.00. The molecule has 4 heteroatoms. The van der Waals surface area contributed by atoms with Crippen molar-refractivity contribution >= 4 is 28.7 Å². The van der Waals surface area contributed by atoms with Crippen LogP contribution in [-0.4, -0.2) is 17.4 Å². The molecule has 0 heterocycles. The third-order valence-electron chi connectivity index (χ3n) is 0.890. The van der Waals surface area contributed by atoms with Crippen LogP contribution in [0.2, 0.25) is 0 Å². The first kappa shape index (κ1) is 10.0. The summed E-state index contributed by atoms with van der Waals surface area (Å²) >= 11 is 1.94. The van der Waals surface area contributed by atoms with Gasteiger partial charge < -0.3 is 9.47 Å². The smallest absolute Gasteiger partial charge is 0.434 e. The first-order chi connectivity index (χ1) is 4.81. The Labute approximate surface area is 74.2 Å². The van der Waals surface area contributed by atoms with Crippen molar-refractivity contribution in [1.29, 1.82) is 0 Å². The first-order valence-corrected chi connectivity index (χ1v) is 4.69. The van der Waals surface area contributed by atoms with E-state index in [0.717, 1.165) is 12.8 Å². The molecule has 0 unspecified atom stereocenters. The number of carbonyl (C=O) groups is 1. The van der Waals surface area contributed by atoms with E-state index in [-0.39, 0.29) is 0 Å². The van der Waals surface area contributed by atoms with E-state index >= 15 is 0 Å². The maximum atomic E-state index is 10.5. The molecule has 0 spiro atoms. The van der Waals surface area contributed by atoms with Gasteiger partial charge in [-0.25, -0.2) is 4.79 Å². The van der Waals surface area contributed by atoms with Gasteiger partial charge in [0.05, 0.1) is 6.61 Å². The molecule has 0 fully saturated rings. The van der Waals surface area contributed by atoms with Crippen LogP contribution in [-0.2, 0) is 9.47 Å². The molecule has 0 radical (unpaired) electrons. The van der Waals surface area contributed by atoms with Crippen molar-refractivity contribution < 1.29 is 14.3 Å². The number of hydrogen-bond donors (Lipinski definition) is 0. The minimum atomic E-state index is -0.567. The van der Waals surface area contributed by atoms with Crippen LogP contribution in [0.4, 0.5) is 4.79 Å². The van der Waals surface area contributed by atoms with Gasteiger partial charge in [0.15, 0.2) is 0 Å². The van der Waals surface area contributed by atoms with Crippen molar-refractivity contribution in [3.63, 3.8) is 0 Å². The SMILES string of the molecule is CCCCOC(=O)OCI. The highest BCUT2D eigenvalue weighted by Crippen LogP contribution is 1.92. The predicted octanol–water partition coefficient (Wildman–Crippen LogP) is 2.33. The monoisotopic (exact) mass is 258 g/mol. The lowest BCUT2D eigenvalue weighted by Crippen LogP contribution is -2.06. The summed E-state index contributed by atoms with van der Waals surface area (Å²) in [5.41, 5.74) is 0. The summed E-state index contributed by atoms with van der Waals surface area (Å²) in [5.74, 6) is 0. The Hall–Kier alpha value is 0. The second kappa shape index (κ2) is 7.11. The van der Waals surface area contributed by atoms with Crippen LogP contribution in [0, 0.1) is 0 Å². The van der Waals surface area contributed by atoms with E-state index in [4.69, 9.17) is 0 Å². The van der Waals surface area contributed by atoms with Gasteiger partial charge in [0.1, 0.15) is 4.61 Å². The zero-order valence-corrected chi connectivity index (χ0v) is 8.09. The molecular weight excluding hydrogens is 247 g/mol. The highest BCUT2D eigenvalue weighted by atomic mass is 127. The van der Waals surface area contributed by atoms with Gasteiger partial charge in [-0.3, -0.25) is 0 Å². The Morgan fingerprint density at radius 1 is 1.50 bits per heavy atom. The summed E-state index contributed by atoms with van der Waals surface area (Å²) < 4.78 is 9.52. The molecule has 0 aliphatic carbocycles. The van der Waals surface area contributed by atoms with Crippen molar-refractivity contribution in [3.8, 4) is 0 Å². The fourth-order valence-corrected chi connectivity index (χ4v) is 0.640. The zero-order valence-electron chi connectivity index (χ0n) is 5.93. The van der Waals surface area contributed by atoms with Crippen molar-refractivity contribution in [2.24, 2.45) is 0 Å². The van der Waals surface area contributed by atoms with E-state index in [1.165, 1.54) is 0 Å². The molecule has 60 valence electrons. The maximum Gasteiger partial charge on any atom is 0.509 e. The van der Waals surface area contributed by atoms with E-state index in [0.29, 0.717) is 11.2 Å². The van der Waals surface area contributed by atoms with Crippen LogP contribution in [0.15, 0.2) is 0 Å². The second-order valence-corrected chi connectivity index (χ2v) is 2.33. The topological polar surface area (TPSA) is 35.5 Å². The molecule has 0 aromatic rings. The fraction of sp³-hybridized carbons (Fsp3) is 0.833. The first-order valence-electron chi connectivity index (χ1n) is 3.16. The number of ether oxygens (including phenoxy) is 2. The van der Waals surface area contributed by atoms with Gasteiger partial charge in [-0.1, -0.05) is 13.3 Å². The van der Waals surface area contributed by atoms with Crippen LogP contribution >= 0.6 is 22.6 Å². The quantitative estimate of drug-likeness (QED) is 0.336. The molecule has 3 nitrogen and oxygen atoms in total. The summed E-state index contributed by atoms with van der Waals surface area (Å²) in [6.07, 6.45) is 1.36. The molecular formula is C6H11IO3. The summed E-state index contributed by atoms with van der Waals surface area (Å²) in [4.78, 5) is 10.5. The van der Waals surface area contributed by atoms with Crippen molar-refractivity contribution in [2.75, 3.05) is 11.2 Å². The van der Waals surface area contributed by atoms with Gasteiger partial charge in [0.2, 0.25) is 0 Å². The number of halogens is 1. The molecule has 0 saturated carbocycles. The molecule has 0 aromatic heterocycles. The molecule has 0 aliphatic rings. The van der Waals surface area contributed by atoms with Gasteiger partial charge in [0.25, 0.3) is 0 Å². The van der Waals surface area contributed by atoms with Crippen LogP contribution in [0.5, 0.6) is 0 Å². The summed E-state index contributed by atoms with van der Waals surface area (Å²) in [7, 11) is 0. The lowest BCUT2D eigenvalue weighted by Gasteiger charge is -2.01. The minimum Gasteiger partial charge on any atom is -0.434 e. The largest absolute Gasteiger partial charge is 0.509 e. The van der Waals surface area contributed by atoms with Gasteiger partial charge in [-0.2, -0.15) is 0 Å². The van der Waals surface area contributed by atoms with E-state index < -0.39 is 6.16 Å². The van der Waals surface area contributed by atoms with E-state index in [1.807, 2.05) is 29.5 Å². The average Bonchev–Trinajstić information content (AvgIpc) is 1.89. The van der Waals surface area contributed by atoms with Crippen LogP contribution in [0.25, 0.3) is 0 Å². The Bertz CT molecular complexity index is 95.0. The highest BCUT2D eigenvalue weighted by molar-refractivity contribution is 14.1. The summed E-state index contributed by atoms with van der Waals surface area (Å²) in [6, 6.07) is 0. The Kier molecular flexibility index (Phi) is 7.11. The van der Waals surface area contributed by atoms with Gasteiger partial charge in [0, 0.05) is 0 Å². The van der Waals surface area contributed by atoms with Crippen molar-refractivity contribution in [2.45, 2.75) is 19.8 Å². The number of rotatable bonds is 4. The summed E-state index contributed by atoms with van der Waals surface area (Å²) in [5, 5.41) is 0. The molecule has 0 aliphatic heterocycles. The summed E-state index contributed by atoms with van der Waals surface area (Å²) in [6.45, 7) is 2.50. The Balaban J connectivity index is 3.05. The fourth-order valence-electron chi connectivity index (χ4n) is 0.386. The standard InChI is InChI=1S/C6H11IO3/c1-2-3-4-9-6(8)10-5-7/h2-5H2,1H3. The number of carbonyl (C=O) groups excluding carboxylic acids is 1. The lowest BCUT2D eigenvalue weighted by atomic mass is 10.4. The third kappa shape index (κ3) is 6.12. The van der Waals surface area contributed by atoms with E-state index in [9.17, 15) is 4.79 Å². The second-order valence-electron chi connectivity index (χ2n) is 1.71. The molecule has 0 atom stereocenters. The minimum absolute atomic E-state index is 0.350. The molecule has 0 aromatic carbocycles. The van der Waals surface area contributed by atoms with Gasteiger partial charge in [-0.05, 0) is 29.0 Å². The molecule has 0 saturated heterocycles.